The molecule has 1 amide bonds. The van der Waals surface area contributed by atoms with E-state index in [9.17, 15) is 9.59 Å². The van der Waals surface area contributed by atoms with E-state index in [4.69, 9.17) is 32.7 Å². The average molecular weight is 422 g/mol. The largest absolute Gasteiger partial charge is 0.490 e. The molecule has 28 heavy (non-hydrogen) atoms. The van der Waals surface area contributed by atoms with Crippen LogP contribution in [-0.2, 0) is 4.79 Å². The molecule has 0 unspecified atom stereocenters. The molecule has 2 aromatic rings. The molecule has 0 saturated heterocycles. The minimum absolute atomic E-state index is 0.156. The van der Waals surface area contributed by atoms with Crippen LogP contribution >= 0.6 is 23.2 Å². The molecule has 148 valence electrons. The van der Waals surface area contributed by atoms with Gasteiger partial charge < -0.3 is 14.4 Å². The lowest BCUT2D eigenvalue weighted by molar-refractivity contribution is -0.130. The second-order valence-corrected chi connectivity index (χ2v) is 6.89. The highest BCUT2D eigenvalue weighted by atomic mass is 35.5. The van der Waals surface area contributed by atoms with Gasteiger partial charge in [0.15, 0.2) is 23.9 Å². The molecular weight excluding hydrogens is 401 g/mol. The quantitative estimate of drug-likeness (QED) is 0.455. The number of ketones is 1. The predicted molar refractivity (Wildman–Crippen MR) is 112 cm³/mol. The Bertz CT molecular complexity index is 877. The molecule has 0 N–H and O–H groups in total. The second-order valence-electron chi connectivity index (χ2n) is 6.04. The van der Waals surface area contributed by atoms with Crippen LogP contribution in [0.5, 0.6) is 11.5 Å². The summed E-state index contributed by atoms with van der Waals surface area (Å²) in [5.74, 6) is 0.332. The molecule has 0 aliphatic heterocycles. The molecule has 0 spiro atoms. The number of nitrogens with zero attached hydrogens (tertiary/aromatic N) is 1. The highest BCUT2D eigenvalue weighted by molar-refractivity contribution is 6.32. The molecule has 0 fully saturated rings. The lowest BCUT2D eigenvalue weighted by Crippen LogP contribution is -2.27. The van der Waals surface area contributed by atoms with Crippen LogP contribution in [0.25, 0.3) is 6.08 Å². The first-order valence-electron chi connectivity index (χ1n) is 8.59. The molecule has 0 aliphatic rings. The van der Waals surface area contributed by atoms with Crippen LogP contribution in [0, 0.1) is 0 Å². The number of benzene rings is 2. The van der Waals surface area contributed by atoms with Gasteiger partial charge in [0.2, 0.25) is 0 Å². The zero-order chi connectivity index (χ0) is 20.7. The van der Waals surface area contributed by atoms with Gasteiger partial charge in [-0.2, -0.15) is 0 Å². The van der Waals surface area contributed by atoms with Gasteiger partial charge in [0.25, 0.3) is 5.91 Å². The van der Waals surface area contributed by atoms with Gasteiger partial charge >= 0.3 is 0 Å². The van der Waals surface area contributed by atoms with Crippen molar-refractivity contribution >= 4 is 41.0 Å². The number of hydrogen-bond donors (Lipinski definition) is 0. The third-order valence-corrected chi connectivity index (χ3v) is 4.26. The summed E-state index contributed by atoms with van der Waals surface area (Å²) in [5, 5.41) is 0.855. The van der Waals surface area contributed by atoms with Crippen molar-refractivity contribution in [3.05, 3.63) is 63.6 Å². The van der Waals surface area contributed by atoms with Crippen molar-refractivity contribution in [1.29, 1.82) is 0 Å². The third kappa shape index (κ3) is 6.01. The van der Waals surface area contributed by atoms with Gasteiger partial charge in [-0.15, -0.1) is 0 Å². The molecule has 0 aliphatic carbocycles. The van der Waals surface area contributed by atoms with E-state index in [0.29, 0.717) is 34.3 Å². The van der Waals surface area contributed by atoms with Crippen LogP contribution in [0.3, 0.4) is 0 Å². The Balaban J connectivity index is 2.22. The summed E-state index contributed by atoms with van der Waals surface area (Å²) in [7, 11) is 3.28. The molecule has 5 nitrogen and oxygen atoms in total. The Morgan fingerprint density at radius 1 is 1.07 bits per heavy atom. The zero-order valence-electron chi connectivity index (χ0n) is 15.9. The van der Waals surface area contributed by atoms with E-state index in [-0.39, 0.29) is 23.3 Å². The fourth-order valence-electron chi connectivity index (χ4n) is 2.23. The number of amides is 1. The number of carbonyl (C=O) groups excluding carboxylic acids is 2. The summed E-state index contributed by atoms with van der Waals surface area (Å²) >= 11 is 12.2. The first-order chi connectivity index (χ1) is 13.3. The van der Waals surface area contributed by atoms with Crippen LogP contribution in [0.2, 0.25) is 10.0 Å². The molecule has 0 saturated carbocycles. The number of ether oxygens (including phenoxy) is 2. The van der Waals surface area contributed by atoms with E-state index >= 15 is 0 Å². The Morgan fingerprint density at radius 3 is 2.36 bits per heavy atom. The molecule has 0 aromatic heterocycles. The van der Waals surface area contributed by atoms with E-state index in [0.717, 1.165) is 0 Å². The van der Waals surface area contributed by atoms with Crippen molar-refractivity contribution in [1.82, 2.24) is 4.90 Å². The van der Waals surface area contributed by atoms with Crippen molar-refractivity contribution in [2.45, 2.75) is 6.92 Å². The summed E-state index contributed by atoms with van der Waals surface area (Å²) in [5.41, 5.74) is 1.20. The predicted octanol–water partition coefficient (Wildman–Crippen LogP) is 4.76. The number of allylic oxidation sites excluding steroid dienone is 1. The minimum Gasteiger partial charge on any atom is -0.490 e. The van der Waals surface area contributed by atoms with E-state index < -0.39 is 0 Å². The maximum absolute atomic E-state index is 12.3. The SMILES string of the molecule is CCOc1cc(C=CC(=O)c2ccc(Cl)cc2)cc(Cl)c1OCC(=O)N(C)C. The number of hydrogen-bond acceptors (Lipinski definition) is 4. The summed E-state index contributed by atoms with van der Waals surface area (Å²) in [4.78, 5) is 25.5. The van der Waals surface area contributed by atoms with Gasteiger partial charge in [0.1, 0.15) is 0 Å². The summed E-state index contributed by atoms with van der Waals surface area (Å²) in [6.45, 7) is 2.07. The minimum atomic E-state index is -0.198. The summed E-state index contributed by atoms with van der Waals surface area (Å²) in [6, 6.07) is 9.99. The Morgan fingerprint density at radius 2 is 1.75 bits per heavy atom. The van der Waals surface area contributed by atoms with Crippen molar-refractivity contribution in [2.24, 2.45) is 0 Å². The Labute approximate surface area is 174 Å². The standard InChI is InChI=1S/C21H21Cl2NO4/c1-4-27-19-12-14(5-10-18(25)15-6-8-16(22)9-7-15)11-17(23)21(19)28-13-20(26)24(2)3/h5-12H,4,13H2,1-3H3. The smallest absolute Gasteiger partial charge is 0.259 e. The lowest BCUT2D eigenvalue weighted by atomic mass is 10.1. The van der Waals surface area contributed by atoms with Crippen molar-refractivity contribution in [2.75, 3.05) is 27.3 Å². The first kappa shape index (κ1) is 21.8. The first-order valence-corrected chi connectivity index (χ1v) is 9.34. The van der Waals surface area contributed by atoms with E-state index in [1.807, 2.05) is 6.92 Å². The fourth-order valence-corrected chi connectivity index (χ4v) is 2.63. The number of halogens is 2. The van der Waals surface area contributed by atoms with Gasteiger partial charge in [-0.3, -0.25) is 9.59 Å². The maximum atomic E-state index is 12.3. The third-order valence-electron chi connectivity index (χ3n) is 3.73. The highest BCUT2D eigenvalue weighted by Gasteiger charge is 2.14. The number of carbonyl (C=O) groups is 2. The zero-order valence-corrected chi connectivity index (χ0v) is 17.4. The van der Waals surface area contributed by atoms with Crippen LogP contribution < -0.4 is 9.47 Å². The van der Waals surface area contributed by atoms with E-state index in [1.165, 1.54) is 11.0 Å². The lowest BCUT2D eigenvalue weighted by Gasteiger charge is -2.16. The molecule has 2 rings (SSSR count). The van der Waals surface area contributed by atoms with Crippen LogP contribution in [0.4, 0.5) is 0 Å². The van der Waals surface area contributed by atoms with Crippen molar-refractivity contribution in [3.8, 4) is 11.5 Å². The monoisotopic (exact) mass is 421 g/mol. The molecule has 2 aromatic carbocycles. The fraction of sp³-hybridized carbons (Fsp3) is 0.238. The van der Waals surface area contributed by atoms with Crippen molar-refractivity contribution < 1.29 is 19.1 Å². The topological polar surface area (TPSA) is 55.8 Å². The Kier molecular flexibility index (Phi) is 7.91. The molecule has 0 atom stereocenters. The summed E-state index contributed by atoms with van der Waals surface area (Å²) < 4.78 is 11.1. The molecular formula is C21H21Cl2NO4. The Hall–Kier alpha value is -2.50. The van der Waals surface area contributed by atoms with E-state index in [2.05, 4.69) is 0 Å². The van der Waals surface area contributed by atoms with Gasteiger partial charge in [-0.05, 0) is 55.0 Å². The normalized spacial score (nSPS) is 10.8. The van der Waals surface area contributed by atoms with Crippen LogP contribution in [0.1, 0.15) is 22.8 Å². The molecule has 7 heteroatoms. The van der Waals surface area contributed by atoms with Crippen LogP contribution in [0.15, 0.2) is 42.5 Å². The van der Waals surface area contributed by atoms with Gasteiger partial charge in [-0.25, -0.2) is 0 Å². The molecule has 0 bridgehead atoms. The average Bonchev–Trinajstić information content (AvgIpc) is 2.66. The van der Waals surface area contributed by atoms with Gasteiger partial charge in [0.05, 0.1) is 11.6 Å². The van der Waals surface area contributed by atoms with Crippen molar-refractivity contribution in [3.63, 3.8) is 0 Å². The number of rotatable bonds is 8. The van der Waals surface area contributed by atoms with Gasteiger partial charge in [-0.1, -0.05) is 29.3 Å². The second kappa shape index (κ2) is 10.2. The molecule has 0 heterocycles. The van der Waals surface area contributed by atoms with Crippen LogP contribution in [-0.4, -0.2) is 43.9 Å². The molecule has 0 radical (unpaired) electrons. The van der Waals surface area contributed by atoms with Gasteiger partial charge in [0, 0.05) is 24.7 Å². The number of likely N-dealkylation sites (N-methyl/N-ethyl adjacent to an activating group) is 1. The highest BCUT2D eigenvalue weighted by Crippen LogP contribution is 2.37. The van der Waals surface area contributed by atoms with E-state index in [1.54, 1.807) is 56.6 Å². The summed E-state index contributed by atoms with van der Waals surface area (Å²) in [6.07, 6.45) is 3.08. The maximum Gasteiger partial charge on any atom is 0.259 e.